The fraction of sp³-hybridized carbons (Fsp3) is 0.190. The third-order valence-electron chi connectivity index (χ3n) is 4.74. The standard InChI is InChI=1S/C21H22FN3O3S/c1-13-3-9-18(22)21-20(13)17(14(2)25-21)11-12-24-19(26)10-6-15-4-7-16(8-5-15)29(23,27)28/h3-10,25H,11-12H2,1-2H3,(H,24,26)(H2,23,27,28). The summed E-state index contributed by atoms with van der Waals surface area (Å²) < 4.78 is 36.5. The van der Waals surface area contributed by atoms with Crippen LogP contribution in [0.5, 0.6) is 0 Å². The van der Waals surface area contributed by atoms with Gasteiger partial charge in [0.1, 0.15) is 5.82 Å². The number of aromatic nitrogens is 1. The molecular formula is C21H22FN3O3S. The monoisotopic (exact) mass is 415 g/mol. The van der Waals surface area contributed by atoms with E-state index in [2.05, 4.69) is 10.3 Å². The Morgan fingerprint density at radius 3 is 2.52 bits per heavy atom. The lowest BCUT2D eigenvalue weighted by Gasteiger charge is -2.05. The zero-order valence-electron chi connectivity index (χ0n) is 16.1. The molecule has 0 bridgehead atoms. The van der Waals surface area contributed by atoms with Crippen molar-refractivity contribution in [2.45, 2.75) is 25.2 Å². The summed E-state index contributed by atoms with van der Waals surface area (Å²) >= 11 is 0. The number of aryl methyl sites for hydroxylation is 2. The van der Waals surface area contributed by atoms with Gasteiger partial charge in [0.05, 0.1) is 10.4 Å². The zero-order valence-corrected chi connectivity index (χ0v) is 16.9. The Hall–Kier alpha value is -2.97. The molecule has 29 heavy (non-hydrogen) atoms. The maximum Gasteiger partial charge on any atom is 0.244 e. The number of rotatable bonds is 6. The number of nitrogens with two attached hydrogens (primary N) is 1. The van der Waals surface area contributed by atoms with Crippen LogP contribution in [0.1, 0.15) is 22.4 Å². The number of primary sulfonamides is 1. The molecule has 0 fully saturated rings. The van der Waals surface area contributed by atoms with Gasteiger partial charge < -0.3 is 10.3 Å². The zero-order chi connectivity index (χ0) is 21.2. The molecule has 6 nitrogen and oxygen atoms in total. The Morgan fingerprint density at radius 1 is 1.17 bits per heavy atom. The Balaban J connectivity index is 1.62. The van der Waals surface area contributed by atoms with Gasteiger partial charge in [-0.25, -0.2) is 17.9 Å². The van der Waals surface area contributed by atoms with Gasteiger partial charge >= 0.3 is 0 Å². The number of aromatic amines is 1. The Labute approximate surface area is 168 Å². The van der Waals surface area contributed by atoms with Crippen molar-refractivity contribution in [3.63, 3.8) is 0 Å². The molecular weight excluding hydrogens is 393 g/mol. The number of sulfonamides is 1. The molecule has 0 saturated heterocycles. The predicted molar refractivity (Wildman–Crippen MR) is 111 cm³/mol. The minimum Gasteiger partial charge on any atom is -0.356 e. The summed E-state index contributed by atoms with van der Waals surface area (Å²) in [6, 6.07) is 9.09. The second kappa shape index (κ2) is 8.18. The van der Waals surface area contributed by atoms with Crippen LogP contribution in [0.2, 0.25) is 0 Å². The fourth-order valence-electron chi connectivity index (χ4n) is 3.27. The molecule has 3 rings (SSSR count). The third kappa shape index (κ3) is 4.72. The average Bonchev–Trinajstić information content (AvgIpc) is 3.00. The molecule has 0 atom stereocenters. The van der Waals surface area contributed by atoms with E-state index in [1.807, 2.05) is 13.8 Å². The normalized spacial score (nSPS) is 12.0. The van der Waals surface area contributed by atoms with E-state index in [1.165, 1.54) is 24.3 Å². The lowest BCUT2D eigenvalue weighted by molar-refractivity contribution is -0.116. The number of carbonyl (C=O) groups excluding carboxylic acids is 1. The predicted octanol–water partition coefficient (Wildman–Crippen LogP) is 2.94. The maximum absolute atomic E-state index is 14.0. The van der Waals surface area contributed by atoms with Crippen LogP contribution in [0, 0.1) is 19.7 Å². The smallest absolute Gasteiger partial charge is 0.244 e. The van der Waals surface area contributed by atoms with Gasteiger partial charge in [0.15, 0.2) is 0 Å². The van der Waals surface area contributed by atoms with Gasteiger partial charge in [0, 0.05) is 23.7 Å². The molecule has 0 saturated carbocycles. The minimum absolute atomic E-state index is 0.0138. The number of hydrogen-bond acceptors (Lipinski definition) is 3. The van der Waals surface area contributed by atoms with E-state index in [0.29, 0.717) is 24.0 Å². The van der Waals surface area contributed by atoms with E-state index in [0.717, 1.165) is 22.2 Å². The number of amides is 1. The van der Waals surface area contributed by atoms with E-state index in [1.54, 1.807) is 24.3 Å². The molecule has 0 aliphatic carbocycles. The molecule has 8 heteroatoms. The molecule has 3 aromatic rings. The Bertz CT molecular complexity index is 1200. The van der Waals surface area contributed by atoms with Crippen LogP contribution in [0.15, 0.2) is 47.4 Å². The molecule has 0 unspecified atom stereocenters. The van der Waals surface area contributed by atoms with E-state index in [9.17, 15) is 17.6 Å². The largest absolute Gasteiger partial charge is 0.356 e. The number of fused-ring (bicyclic) bond motifs is 1. The van der Waals surface area contributed by atoms with Crippen molar-refractivity contribution in [2.24, 2.45) is 5.14 Å². The highest BCUT2D eigenvalue weighted by atomic mass is 32.2. The first kappa shape index (κ1) is 20.8. The first-order valence-electron chi connectivity index (χ1n) is 9.02. The third-order valence-corrected chi connectivity index (χ3v) is 5.67. The van der Waals surface area contributed by atoms with Crippen LogP contribution in [0.25, 0.3) is 17.0 Å². The molecule has 0 spiro atoms. The Morgan fingerprint density at radius 2 is 1.86 bits per heavy atom. The lowest BCUT2D eigenvalue weighted by Crippen LogP contribution is -2.23. The van der Waals surface area contributed by atoms with E-state index in [4.69, 9.17) is 5.14 Å². The fourth-order valence-corrected chi connectivity index (χ4v) is 3.78. The van der Waals surface area contributed by atoms with Gasteiger partial charge in [-0.05, 0) is 61.2 Å². The van der Waals surface area contributed by atoms with Crippen LogP contribution in [-0.4, -0.2) is 25.9 Å². The quantitative estimate of drug-likeness (QED) is 0.539. The number of halogens is 1. The van der Waals surface area contributed by atoms with Crippen molar-refractivity contribution >= 4 is 32.9 Å². The SMILES string of the molecule is Cc1[nH]c2c(F)ccc(C)c2c1CCNC(=O)C=Cc1ccc(S(N)(=O)=O)cc1. The summed E-state index contributed by atoms with van der Waals surface area (Å²) in [5, 5.41) is 8.72. The number of H-pyrrole nitrogens is 1. The van der Waals surface area contributed by atoms with E-state index in [-0.39, 0.29) is 16.6 Å². The Kier molecular flexibility index (Phi) is 5.86. The highest BCUT2D eigenvalue weighted by molar-refractivity contribution is 7.89. The summed E-state index contributed by atoms with van der Waals surface area (Å²) in [4.78, 5) is 15.2. The molecule has 0 radical (unpaired) electrons. The molecule has 1 amide bonds. The minimum atomic E-state index is -3.74. The molecule has 1 aromatic heterocycles. The number of benzene rings is 2. The van der Waals surface area contributed by atoms with Crippen LogP contribution in [0.3, 0.4) is 0 Å². The second-order valence-electron chi connectivity index (χ2n) is 6.83. The molecule has 152 valence electrons. The highest BCUT2D eigenvalue weighted by Crippen LogP contribution is 2.27. The summed E-state index contributed by atoms with van der Waals surface area (Å²) in [6.45, 7) is 4.22. The maximum atomic E-state index is 14.0. The van der Waals surface area contributed by atoms with Crippen LogP contribution >= 0.6 is 0 Å². The van der Waals surface area contributed by atoms with Crippen molar-refractivity contribution in [2.75, 3.05) is 6.54 Å². The first-order chi connectivity index (χ1) is 13.7. The highest BCUT2D eigenvalue weighted by Gasteiger charge is 2.13. The van der Waals surface area contributed by atoms with Crippen molar-refractivity contribution in [1.82, 2.24) is 10.3 Å². The van der Waals surface area contributed by atoms with Crippen LogP contribution in [0.4, 0.5) is 4.39 Å². The second-order valence-corrected chi connectivity index (χ2v) is 8.39. The van der Waals surface area contributed by atoms with Gasteiger partial charge in [-0.1, -0.05) is 18.2 Å². The molecule has 0 aliphatic heterocycles. The van der Waals surface area contributed by atoms with Gasteiger partial charge in [0.25, 0.3) is 0 Å². The van der Waals surface area contributed by atoms with Crippen LogP contribution in [-0.2, 0) is 21.2 Å². The topological polar surface area (TPSA) is 105 Å². The summed E-state index contributed by atoms with van der Waals surface area (Å²) in [5.41, 5.74) is 4.01. The molecule has 0 aliphatic rings. The molecule has 1 heterocycles. The van der Waals surface area contributed by atoms with Crippen molar-refractivity contribution in [3.05, 3.63) is 70.7 Å². The van der Waals surface area contributed by atoms with Gasteiger partial charge in [-0.2, -0.15) is 0 Å². The van der Waals surface area contributed by atoms with Crippen LogP contribution < -0.4 is 10.5 Å². The summed E-state index contributed by atoms with van der Waals surface area (Å²) in [5.74, 6) is -0.568. The van der Waals surface area contributed by atoms with Gasteiger partial charge in [-0.3, -0.25) is 4.79 Å². The van der Waals surface area contributed by atoms with Crippen molar-refractivity contribution in [3.8, 4) is 0 Å². The van der Waals surface area contributed by atoms with Gasteiger partial charge in [-0.15, -0.1) is 0 Å². The molecule has 4 N–H and O–H groups in total. The van der Waals surface area contributed by atoms with Crippen molar-refractivity contribution in [1.29, 1.82) is 0 Å². The summed E-state index contributed by atoms with van der Waals surface area (Å²) in [7, 11) is -3.74. The average molecular weight is 415 g/mol. The first-order valence-corrected chi connectivity index (χ1v) is 10.6. The molecule has 2 aromatic carbocycles. The number of carbonyl (C=O) groups is 1. The van der Waals surface area contributed by atoms with E-state index >= 15 is 0 Å². The number of hydrogen-bond donors (Lipinski definition) is 3. The summed E-state index contributed by atoms with van der Waals surface area (Å²) in [6.07, 6.45) is 3.52. The van der Waals surface area contributed by atoms with Gasteiger partial charge in [0.2, 0.25) is 15.9 Å². The van der Waals surface area contributed by atoms with Crippen molar-refractivity contribution < 1.29 is 17.6 Å². The lowest BCUT2D eigenvalue weighted by atomic mass is 10.0. The number of nitrogens with one attached hydrogen (secondary N) is 2. The van der Waals surface area contributed by atoms with E-state index < -0.39 is 10.0 Å².